The van der Waals surface area contributed by atoms with Gasteiger partial charge in [-0.1, -0.05) is 6.07 Å². The Hall–Kier alpha value is -1.82. The Morgan fingerprint density at radius 1 is 1.35 bits per heavy atom. The molecule has 0 aliphatic heterocycles. The van der Waals surface area contributed by atoms with E-state index in [4.69, 9.17) is 5.11 Å². The van der Waals surface area contributed by atoms with Crippen LogP contribution >= 0.6 is 0 Å². The molecule has 0 heterocycles. The third-order valence-corrected chi connectivity index (χ3v) is 2.39. The number of nitrogens with one attached hydrogen (secondary N) is 2. The highest BCUT2D eigenvalue weighted by atomic mass is 16.6. The molecule has 0 amide bonds. The number of hydrogen-bond acceptors (Lipinski definition) is 5. The van der Waals surface area contributed by atoms with E-state index in [0.29, 0.717) is 24.3 Å². The van der Waals surface area contributed by atoms with Crippen molar-refractivity contribution in [3.05, 3.63) is 28.3 Å². The third kappa shape index (κ3) is 3.60. The number of para-hydroxylation sites is 1. The van der Waals surface area contributed by atoms with Gasteiger partial charge in [0, 0.05) is 20.2 Å². The van der Waals surface area contributed by atoms with Gasteiger partial charge in [-0.25, -0.2) is 0 Å². The minimum Gasteiger partial charge on any atom is -0.396 e. The van der Waals surface area contributed by atoms with E-state index in [-0.39, 0.29) is 12.3 Å². The first-order valence-corrected chi connectivity index (χ1v) is 5.50. The Labute approximate surface area is 99.8 Å². The summed E-state index contributed by atoms with van der Waals surface area (Å²) in [5.74, 6) is 0. The fraction of sp³-hybridized carbons (Fsp3) is 0.455. The summed E-state index contributed by atoms with van der Waals surface area (Å²) < 4.78 is 0. The van der Waals surface area contributed by atoms with Gasteiger partial charge in [-0.05, 0) is 25.0 Å². The largest absolute Gasteiger partial charge is 0.396 e. The standard InChI is InChI=1S/C11H17N3O3/c1-12-9-5-4-6-10(11(9)14(16)17)13-7-2-3-8-15/h4-6,12-13,15H,2-3,7-8H2,1H3. The maximum absolute atomic E-state index is 11.0. The van der Waals surface area contributed by atoms with Gasteiger partial charge in [0.15, 0.2) is 0 Å². The van der Waals surface area contributed by atoms with Crippen LogP contribution < -0.4 is 10.6 Å². The van der Waals surface area contributed by atoms with E-state index >= 15 is 0 Å². The molecule has 6 nitrogen and oxygen atoms in total. The quantitative estimate of drug-likeness (QED) is 0.384. The van der Waals surface area contributed by atoms with Crippen LogP contribution in [0.2, 0.25) is 0 Å². The predicted molar refractivity (Wildman–Crippen MR) is 67.5 cm³/mol. The molecule has 6 heteroatoms. The molecule has 0 saturated heterocycles. The number of anilines is 2. The summed E-state index contributed by atoms with van der Waals surface area (Å²) in [6.07, 6.45) is 1.46. The molecule has 0 aliphatic carbocycles. The fourth-order valence-electron chi connectivity index (χ4n) is 1.54. The van der Waals surface area contributed by atoms with Crippen molar-refractivity contribution in [1.82, 2.24) is 0 Å². The monoisotopic (exact) mass is 239 g/mol. The lowest BCUT2D eigenvalue weighted by molar-refractivity contribution is -0.383. The maximum Gasteiger partial charge on any atom is 0.315 e. The summed E-state index contributed by atoms with van der Waals surface area (Å²) in [5, 5.41) is 25.4. The molecule has 0 spiro atoms. The second-order valence-corrected chi connectivity index (χ2v) is 3.57. The van der Waals surface area contributed by atoms with E-state index in [9.17, 15) is 10.1 Å². The zero-order valence-electron chi connectivity index (χ0n) is 9.77. The van der Waals surface area contributed by atoms with Crippen molar-refractivity contribution in [3.8, 4) is 0 Å². The van der Waals surface area contributed by atoms with Crippen molar-refractivity contribution >= 4 is 17.1 Å². The van der Waals surface area contributed by atoms with Crippen LogP contribution in [-0.4, -0.2) is 30.2 Å². The lowest BCUT2D eigenvalue weighted by Crippen LogP contribution is -2.06. The molecular formula is C11H17N3O3. The topological polar surface area (TPSA) is 87.4 Å². The highest BCUT2D eigenvalue weighted by Crippen LogP contribution is 2.32. The molecule has 1 aromatic carbocycles. The molecular weight excluding hydrogens is 222 g/mol. The molecule has 0 aliphatic rings. The van der Waals surface area contributed by atoms with E-state index < -0.39 is 4.92 Å². The molecule has 0 saturated carbocycles. The molecule has 0 fully saturated rings. The molecule has 3 N–H and O–H groups in total. The highest BCUT2D eigenvalue weighted by Gasteiger charge is 2.18. The number of nitrogens with zero attached hydrogens (tertiary/aromatic N) is 1. The predicted octanol–water partition coefficient (Wildman–Crippen LogP) is 1.82. The minimum atomic E-state index is -0.403. The van der Waals surface area contributed by atoms with Crippen LogP contribution in [0.5, 0.6) is 0 Å². The van der Waals surface area contributed by atoms with Crippen LogP contribution in [0.15, 0.2) is 18.2 Å². The average Bonchev–Trinajstić information content (AvgIpc) is 2.33. The number of aliphatic hydroxyl groups is 1. The number of nitro groups is 1. The van der Waals surface area contributed by atoms with E-state index in [2.05, 4.69) is 10.6 Å². The molecule has 0 unspecified atom stereocenters. The van der Waals surface area contributed by atoms with Crippen LogP contribution in [0.25, 0.3) is 0 Å². The van der Waals surface area contributed by atoms with Gasteiger partial charge in [-0.2, -0.15) is 0 Å². The van der Waals surface area contributed by atoms with Gasteiger partial charge >= 0.3 is 5.69 Å². The number of rotatable bonds is 7. The molecule has 1 rings (SSSR count). The molecule has 0 atom stereocenters. The maximum atomic E-state index is 11.0. The summed E-state index contributed by atoms with van der Waals surface area (Å²) in [5.41, 5.74) is 1.04. The lowest BCUT2D eigenvalue weighted by atomic mass is 10.2. The van der Waals surface area contributed by atoms with Gasteiger partial charge in [-0.3, -0.25) is 10.1 Å². The summed E-state index contributed by atoms with van der Waals surface area (Å²) in [4.78, 5) is 10.6. The van der Waals surface area contributed by atoms with E-state index in [1.807, 2.05) is 0 Å². The van der Waals surface area contributed by atoms with Crippen LogP contribution in [0.1, 0.15) is 12.8 Å². The summed E-state index contributed by atoms with van der Waals surface area (Å²) in [6.45, 7) is 0.745. The second-order valence-electron chi connectivity index (χ2n) is 3.57. The van der Waals surface area contributed by atoms with Gasteiger partial charge in [-0.15, -0.1) is 0 Å². The Balaban J connectivity index is 2.79. The van der Waals surface area contributed by atoms with Crippen LogP contribution in [0.4, 0.5) is 17.1 Å². The van der Waals surface area contributed by atoms with Crippen LogP contribution in [0, 0.1) is 10.1 Å². The van der Waals surface area contributed by atoms with Gasteiger partial charge in [0.05, 0.1) is 4.92 Å². The zero-order chi connectivity index (χ0) is 12.7. The smallest absolute Gasteiger partial charge is 0.315 e. The Kier molecular flexibility index (Phi) is 5.22. The van der Waals surface area contributed by atoms with Gasteiger partial charge < -0.3 is 15.7 Å². The van der Waals surface area contributed by atoms with E-state index in [1.54, 1.807) is 25.2 Å². The minimum absolute atomic E-state index is 0.0546. The highest BCUT2D eigenvalue weighted by molar-refractivity contribution is 5.75. The first kappa shape index (κ1) is 13.2. The number of hydrogen-bond donors (Lipinski definition) is 3. The van der Waals surface area contributed by atoms with Gasteiger partial charge in [0.1, 0.15) is 11.4 Å². The Bertz CT molecular complexity index is 382. The van der Waals surface area contributed by atoms with E-state index in [0.717, 1.165) is 6.42 Å². The first-order chi connectivity index (χ1) is 8.20. The normalized spacial score (nSPS) is 10.0. The van der Waals surface area contributed by atoms with Crippen molar-refractivity contribution in [3.63, 3.8) is 0 Å². The Morgan fingerprint density at radius 3 is 2.65 bits per heavy atom. The van der Waals surface area contributed by atoms with Crippen LogP contribution in [-0.2, 0) is 0 Å². The number of nitro benzene ring substituents is 1. The number of aliphatic hydroxyl groups excluding tert-OH is 1. The average molecular weight is 239 g/mol. The summed E-state index contributed by atoms with van der Waals surface area (Å²) in [6, 6.07) is 5.10. The lowest BCUT2D eigenvalue weighted by Gasteiger charge is -2.09. The zero-order valence-corrected chi connectivity index (χ0v) is 9.77. The molecule has 17 heavy (non-hydrogen) atoms. The number of unbranched alkanes of at least 4 members (excludes halogenated alkanes) is 1. The molecule has 1 aromatic rings. The molecule has 0 radical (unpaired) electrons. The number of benzene rings is 1. The molecule has 0 bridgehead atoms. The van der Waals surface area contributed by atoms with Crippen molar-refractivity contribution in [2.45, 2.75) is 12.8 Å². The van der Waals surface area contributed by atoms with Crippen molar-refractivity contribution in [2.75, 3.05) is 30.8 Å². The van der Waals surface area contributed by atoms with Gasteiger partial charge in [0.2, 0.25) is 0 Å². The van der Waals surface area contributed by atoms with Crippen LogP contribution in [0.3, 0.4) is 0 Å². The third-order valence-electron chi connectivity index (χ3n) is 2.39. The summed E-state index contributed by atoms with van der Waals surface area (Å²) >= 11 is 0. The Morgan fingerprint density at radius 2 is 2.06 bits per heavy atom. The fourth-order valence-corrected chi connectivity index (χ4v) is 1.54. The summed E-state index contributed by atoms with van der Waals surface area (Å²) in [7, 11) is 1.65. The second kappa shape index (κ2) is 6.70. The SMILES string of the molecule is CNc1cccc(NCCCCO)c1[N+](=O)[O-]. The molecule has 94 valence electrons. The van der Waals surface area contributed by atoms with Crippen molar-refractivity contribution < 1.29 is 10.0 Å². The molecule has 0 aromatic heterocycles. The first-order valence-electron chi connectivity index (χ1n) is 5.50. The van der Waals surface area contributed by atoms with Crippen molar-refractivity contribution in [1.29, 1.82) is 0 Å². The van der Waals surface area contributed by atoms with E-state index in [1.165, 1.54) is 0 Å². The van der Waals surface area contributed by atoms with Gasteiger partial charge in [0.25, 0.3) is 0 Å². The van der Waals surface area contributed by atoms with Crippen molar-refractivity contribution in [2.24, 2.45) is 0 Å².